The van der Waals surface area contributed by atoms with Gasteiger partial charge in [-0.25, -0.2) is 0 Å². The van der Waals surface area contributed by atoms with Gasteiger partial charge >= 0.3 is 51.4 Å². The van der Waals surface area contributed by atoms with E-state index in [0.717, 1.165) is 31.0 Å². The first kappa shape index (κ1) is 28.6. The van der Waals surface area contributed by atoms with E-state index in [0.29, 0.717) is 5.75 Å². The minimum absolute atomic E-state index is 0. The molecule has 0 saturated carbocycles. The molecule has 7 heteroatoms. The maximum Gasteiger partial charge on any atom is 1.00 e. The first-order chi connectivity index (χ1) is 14.4. The van der Waals surface area contributed by atoms with Crippen molar-refractivity contribution >= 4 is 10.1 Å². The van der Waals surface area contributed by atoms with Gasteiger partial charge in [0.05, 0.1) is 4.90 Å². The van der Waals surface area contributed by atoms with E-state index in [9.17, 15) is 13.5 Å². The Bertz CT molecular complexity index is 866. The van der Waals surface area contributed by atoms with Crippen molar-refractivity contribution < 1.29 is 74.2 Å². The predicted octanol–water partition coefficient (Wildman–Crippen LogP) is 3.27. The van der Waals surface area contributed by atoms with Gasteiger partial charge in [0.15, 0.2) is 0 Å². The van der Waals surface area contributed by atoms with E-state index < -0.39 is 15.9 Å². The van der Waals surface area contributed by atoms with Gasteiger partial charge in [0.2, 0.25) is 0 Å². The average Bonchev–Trinajstić information content (AvgIpc) is 2.71. The van der Waals surface area contributed by atoms with Crippen molar-refractivity contribution in [1.82, 2.24) is 0 Å². The standard InChI is InChI=1S/C24H34O5S.K/c1-2-3-4-5-6-7-8-9-10-11-12-20-13-15-21(16-14-20)29-24-19-22(30(26,27)28)17-18-23(24)25;/h13-19,25H,2-12H2,1H3,(H,26,27,28);/q;+1/p-1. The Morgan fingerprint density at radius 2 is 1.39 bits per heavy atom. The summed E-state index contributed by atoms with van der Waals surface area (Å²) >= 11 is 0. The van der Waals surface area contributed by atoms with Crippen LogP contribution in [0.3, 0.4) is 0 Å². The normalized spacial score (nSPS) is 11.2. The van der Waals surface area contributed by atoms with Crippen molar-refractivity contribution in [3.05, 3.63) is 48.0 Å². The van der Waals surface area contributed by atoms with E-state index in [-0.39, 0.29) is 62.0 Å². The molecule has 0 atom stereocenters. The van der Waals surface area contributed by atoms with E-state index in [1.165, 1.54) is 63.4 Å². The fraction of sp³-hybridized carbons (Fsp3) is 0.500. The van der Waals surface area contributed by atoms with E-state index >= 15 is 0 Å². The molecule has 2 aromatic rings. The molecule has 2 aromatic carbocycles. The predicted molar refractivity (Wildman–Crippen MR) is 118 cm³/mol. The van der Waals surface area contributed by atoms with Crippen LogP contribution in [0.25, 0.3) is 0 Å². The quantitative estimate of drug-likeness (QED) is 0.259. The molecule has 0 unspecified atom stereocenters. The summed E-state index contributed by atoms with van der Waals surface area (Å²) in [5.74, 6) is -0.129. The molecule has 1 N–H and O–H groups in total. The fourth-order valence-corrected chi connectivity index (χ4v) is 3.89. The molecule has 0 aliphatic rings. The van der Waals surface area contributed by atoms with Gasteiger partial charge in [0.25, 0.3) is 10.1 Å². The van der Waals surface area contributed by atoms with Crippen LogP contribution in [0.4, 0.5) is 0 Å². The molecule has 0 saturated heterocycles. The van der Waals surface area contributed by atoms with Crippen LogP contribution in [0.1, 0.15) is 76.7 Å². The van der Waals surface area contributed by atoms with Gasteiger partial charge in [-0.1, -0.05) is 88.7 Å². The van der Waals surface area contributed by atoms with E-state index in [2.05, 4.69) is 6.92 Å². The van der Waals surface area contributed by atoms with Gasteiger partial charge in [0, 0.05) is 6.07 Å². The van der Waals surface area contributed by atoms with Crippen LogP contribution in [-0.2, 0) is 16.5 Å². The van der Waals surface area contributed by atoms with E-state index in [4.69, 9.17) is 9.29 Å². The molecule has 2 rings (SSSR count). The minimum Gasteiger partial charge on any atom is -0.870 e. The smallest absolute Gasteiger partial charge is 0.870 e. The molecule has 0 aliphatic heterocycles. The summed E-state index contributed by atoms with van der Waals surface area (Å²) in [6.07, 6.45) is 14.1. The zero-order chi connectivity index (χ0) is 21.8. The molecular weight excluding hydrogens is 439 g/mol. The van der Waals surface area contributed by atoms with Gasteiger partial charge in [-0.2, -0.15) is 8.42 Å². The Balaban J connectivity index is 0.00000480. The Hall–Kier alpha value is -0.414. The summed E-state index contributed by atoms with van der Waals surface area (Å²) in [5, 5.41) is 11.9. The maximum absolute atomic E-state index is 11.9. The Morgan fingerprint density at radius 3 is 1.94 bits per heavy atom. The first-order valence-corrected chi connectivity index (χ1v) is 12.4. The topological polar surface area (TPSA) is 86.7 Å². The van der Waals surface area contributed by atoms with Crippen LogP contribution >= 0.6 is 0 Å². The van der Waals surface area contributed by atoms with Crippen LogP contribution in [0.15, 0.2) is 47.4 Å². The molecule has 166 valence electrons. The van der Waals surface area contributed by atoms with E-state index in [1.54, 1.807) is 12.1 Å². The van der Waals surface area contributed by atoms with E-state index in [1.807, 2.05) is 12.1 Å². The molecule has 0 radical (unpaired) electrons. The van der Waals surface area contributed by atoms with Crippen LogP contribution in [0, 0.1) is 0 Å². The summed E-state index contributed by atoms with van der Waals surface area (Å²) in [7, 11) is -4.38. The van der Waals surface area contributed by atoms with Gasteiger partial charge in [-0.15, -0.1) is 0 Å². The monoisotopic (exact) mass is 472 g/mol. The molecule has 5 nitrogen and oxygen atoms in total. The SMILES string of the molecule is CCCCCCCCCCCCc1ccc(Oc2cc(S(=O)(=O)O)ccc2[O-])cc1.[K+]. The Morgan fingerprint density at radius 1 is 0.839 bits per heavy atom. The van der Waals surface area contributed by atoms with Crippen molar-refractivity contribution in [2.75, 3.05) is 0 Å². The second-order valence-electron chi connectivity index (χ2n) is 7.76. The molecular formula is C24H33KO5S. The van der Waals surface area contributed by atoms with Gasteiger partial charge in [0.1, 0.15) is 11.5 Å². The number of ether oxygens (including phenoxy) is 1. The van der Waals surface area contributed by atoms with Crippen molar-refractivity contribution in [3.63, 3.8) is 0 Å². The first-order valence-electron chi connectivity index (χ1n) is 11.0. The number of benzene rings is 2. The summed E-state index contributed by atoms with van der Waals surface area (Å²) in [6.45, 7) is 2.24. The molecule has 0 amide bonds. The summed E-state index contributed by atoms with van der Waals surface area (Å²) < 4.78 is 37.1. The van der Waals surface area contributed by atoms with Gasteiger partial charge < -0.3 is 9.84 Å². The number of hydrogen-bond acceptors (Lipinski definition) is 4. The third-order valence-corrected chi connectivity index (χ3v) is 6.03. The number of aryl methyl sites for hydroxylation is 1. The third kappa shape index (κ3) is 11.3. The zero-order valence-electron chi connectivity index (χ0n) is 18.8. The van der Waals surface area contributed by atoms with Crippen molar-refractivity contribution in [1.29, 1.82) is 0 Å². The molecule has 0 fully saturated rings. The van der Waals surface area contributed by atoms with Crippen molar-refractivity contribution in [2.45, 2.75) is 82.4 Å². The number of unbranched alkanes of at least 4 members (excludes halogenated alkanes) is 9. The molecule has 0 heterocycles. The Kier molecular flexibility index (Phi) is 14.2. The second-order valence-corrected chi connectivity index (χ2v) is 9.18. The molecule has 0 aromatic heterocycles. The van der Waals surface area contributed by atoms with Crippen molar-refractivity contribution in [2.24, 2.45) is 0 Å². The summed E-state index contributed by atoms with van der Waals surface area (Å²) in [6, 6.07) is 10.6. The fourth-order valence-electron chi connectivity index (χ4n) is 3.40. The zero-order valence-corrected chi connectivity index (χ0v) is 22.7. The third-order valence-electron chi connectivity index (χ3n) is 5.18. The van der Waals surface area contributed by atoms with Crippen LogP contribution in [0.5, 0.6) is 17.2 Å². The maximum atomic E-state index is 11.9. The number of rotatable bonds is 14. The van der Waals surface area contributed by atoms with Gasteiger partial charge in [-0.3, -0.25) is 4.55 Å². The molecule has 0 spiro atoms. The molecule has 0 aliphatic carbocycles. The molecule has 0 bridgehead atoms. The molecule has 31 heavy (non-hydrogen) atoms. The van der Waals surface area contributed by atoms with Gasteiger partial charge in [-0.05, 0) is 36.6 Å². The van der Waals surface area contributed by atoms with Crippen LogP contribution in [-0.4, -0.2) is 13.0 Å². The minimum atomic E-state index is -4.38. The summed E-state index contributed by atoms with van der Waals surface area (Å²) in [4.78, 5) is -0.366. The summed E-state index contributed by atoms with van der Waals surface area (Å²) in [5.41, 5.74) is 1.20. The number of hydrogen-bond donors (Lipinski definition) is 1. The Labute approximate surface area is 229 Å². The van der Waals surface area contributed by atoms with Crippen LogP contribution in [0.2, 0.25) is 0 Å². The van der Waals surface area contributed by atoms with Crippen LogP contribution < -0.4 is 61.2 Å². The van der Waals surface area contributed by atoms with Crippen molar-refractivity contribution in [3.8, 4) is 17.2 Å². The second kappa shape index (κ2) is 15.4. The average molecular weight is 473 g/mol. The largest absolute Gasteiger partial charge is 1.00 e.